The molecule has 1 amide bonds. The van der Waals surface area contributed by atoms with Gasteiger partial charge >= 0.3 is 0 Å². The molecule has 2 heterocycles. The van der Waals surface area contributed by atoms with Gasteiger partial charge in [0, 0.05) is 13.1 Å². The number of aryl methyl sites for hydroxylation is 1. The molecule has 1 saturated heterocycles. The van der Waals surface area contributed by atoms with Crippen LogP contribution >= 0.6 is 0 Å². The maximum absolute atomic E-state index is 12.4. The number of aromatic nitrogens is 2. The fourth-order valence-electron chi connectivity index (χ4n) is 3.14. The molecule has 2 aromatic rings. The van der Waals surface area contributed by atoms with E-state index in [4.69, 9.17) is 0 Å². The van der Waals surface area contributed by atoms with Gasteiger partial charge in [0.15, 0.2) is 5.82 Å². The summed E-state index contributed by atoms with van der Waals surface area (Å²) < 4.78 is 0. The highest BCUT2D eigenvalue weighted by Gasteiger charge is 2.33. The number of β-amino-alcohol motifs (C(OH)–C–C–N with tert-alkyl or cyclic N) is 1. The predicted molar refractivity (Wildman–Crippen MR) is 101 cm³/mol. The van der Waals surface area contributed by atoms with E-state index < -0.39 is 6.10 Å². The molecule has 1 aliphatic heterocycles. The Kier molecular flexibility index (Phi) is 5.52. The van der Waals surface area contributed by atoms with E-state index in [0.29, 0.717) is 25.4 Å². The van der Waals surface area contributed by atoms with Crippen LogP contribution in [0.4, 0.5) is 5.82 Å². The minimum atomic E-state index is -0.620. The summed E-state index contributed by atoms with van der Waals surface area (Å²) in [5, 5.41) is 21.4. The van der Waals surface area contributed by atoms with Gasteiger partial charge in [-0.1, -0.05) is 38.1 Å². The quantitative estimate of drug-likeness (QED) is 0.856. The van der Waals surface area contributed by atoms with Crippen LogP contribution in [0, 0.1) is 6.92 Å². The first kappa shape index (κ1) is 18.3. The van der Waals surface area contributed by atoms with E-state index in [1.807, 2.05) is 36.1 Å². The number of aliphatic hydroxyl groups is 1. The van der Waals surface area contributed by atoms with Crippen molar-refractivity contribution in [1.29, 1.82) is 0 Å². The number of hydrogen-bond acceptors (Lipinski definition) is 5. The highest BCUT2D eigenvalue weighted by molar-refractivity contribution is 5.79. The predicted octanol–water partition coefficient (Wildman–Crippen LogP) is 1.82. The molecule has 6 heteroatoms. The van der Waals surface area contributed by atoms with Gasteiger partial charge in [-0.05, 0) is 36.1 Å². The first-order valence-corrected chi connectivity index (χ1v) is 9.04. The Morgan fingerprint density at radius 3 is 2.54 bits per heavy atom. The monoisotopic (exact) mass is 354 g/mol. The topological polar surface area (TPSA) is 78.4 Å². The number of aliphatic hydroxyl groups excluding tert-OH is 1. The molecule has 3 rings (SSSR count). The summed E-state index contributed by atoms with van der Waals surface area (Å²) in [4.78, 5) is 14.3. The molecule has 1 aromatic carbocycles. The van der Waals surface area contributed by atoms with Gasteiger partial charge in [0.2, 0.25) is 5.91 Å². The van der Waals surface area contributed by atoms with E-state index in [1.54, 1.807) is 0 Å². The number of benzene rings is 1. The lowest BCUT2D eigenvalue weighted by atomic mass is 10.0. The number of rotatable bonds is 5. The molecule has 2 N–H and O–H groups in total. The molecule has 2 atom stereocenters. The first-order valence-electron chi connectivity index (χ1n) is 9.04. The lowest BCUT2D eigenvalue weighted by molar-refractivity contribution is -0.121. The molecule has 0 aliphatic carbocycles. The Hall–Kier alpha value is -2.47. The Labute approximate surface area is 154 Å². The van der Waals surface area contributed by atoms with Gasteiger partial charge in [-0.15, -0.1) is 5.10 Å². The summed E-state index contributed by atoms with van der Waals surface area (Å²) in [5.74, 6) is 1.11. The fourth-order valence-corrected chi connectivity index (χ4v) is 3.14. The van der Waals surface area contributed by atoms with E-state index in [-0.39, 0.29) is 11.9 Å². The van der Waals surface area contributed by atoms with Crippen molar-refractivity contribution >= 4 is 11.7 Å². The van der Waals surface area contributed by atoms with Crippen LogP contribution in [-0.4, -0.2) is 46.4 Å². The molecule has 0 spiro atoms. The number of nitrogens with one attached hydrogen (secondary N) is 1. The Morgan fingerprint density at radius 1 is 1.19 bits per heavy atom. The molecular formula is C20H26N4O2. The molecule has 26 heavy (non-hydrogen) atoms. The van der Waals surface area contributed by atoms with Gasteiger partial charge in [-0.3, -0.25) is 4.79 Å². The average Bonchev–Trinajstić information content (AvgIpc) is 2.96. The van der Waals surface area contributed by atoms with Crippen molar-refractivity contribution in [2.45, 2.75) is 45.3 Å². The van der Waals surface area contributed by atoms with Crippen LogP contribution in [0.25, 0.3) is 0 Å². The van der Waals surface area contributed by atoms with Crippen molar-refractivity contribution in [1.82, 2.24) is 15.5 Å². The maximum Gasteiger partial charge on any atom is 0.224 e. The van der Waals surface area contributed by atoms with Crippen LogP contribution in [0.1, 0.15) is 36.6 Å². The number of carbonyl (C=O) groups is 1. The van der Waals surface area contributed by atoms with E-state index in [0.717, 1.165) is 17.1 Å². The maximum atomic E-state index is 12.4. The summed E-state index contributed by atoms with van der Waals surface area (Å²) in [7, 11) is 0. The lowest BCUT2D eigenvalue weighted by Crippen LogP contribution is -2.43. The lowest BCUT2D eigenvalue weighted by Gasteiger charge is -2.17. The van der Waals surface area contributed by atoms with Crippen LogP contribution in [0.3, 0.4) is 0 Å². The number of amides is 1. The van der Waals surface area contributed by atoms with Crippen LogP contribution in [0.2, 0.25) is 0 Å². The van der Waals surface area contributed by atoms with Gasteiger partial charge in [0.25, 0.3) is 0 Å². The third kappa shape index (κ3) is 4.38. The molecule has 0 unspecified atom stereocenters. The van der Waals surface area contributed by atoms with Crippen molar-refractivity contribution in [2.75, 3.05) is 18.0 Å². The zero-order valence-corrected chi connectivity index (χ0v) is 15.5. The van der Waals surface area contributed by atoms with Gasteiger partial charge in [-0.25, -0.2) is 0 Å². The van der Waals surface area contributed by atoms with Crippen molar-refractivity contribution < 1.29 is 9.90 Å². The highest BCUT2D eigenvalue weighted by Crippen LogP contribution is 2.18. The molecule has 1 aromatic heterocycles. The largest absolute Gasteiger partial charge is 0.389 e. The van der Waals surface area contributed by atoms with Gasteiger partial charge in [-0.2, -0.15) is 5.10 Å². The minimum Gasteiger partial charge on any atom is -0.389 e. The van der Waals surface area contributed by atoms with Crippen molar-refractivity contribution in [2.24, 2.45) is 0 Å². The number of anilines is 1. The van der Waals surface area contributed by atoms with E-state index in [2.05, 4.69) is 41.5 Å². The summed E-state index contributed by atoms with van der Waals surface area (Å²) in [6.07, 6.45) is -0.309. The summed E-state index contributed by atoms with van der Waals surface area (Å²) >= 11 is 0. The summed E-state index contributed by atoms with van der Waals surface area (Å²) in [6, 6.07) is 11.6. The third-order valence-electron chi connectivity index (χ3n) is 4.75. The normalized spacial score (nSPS) is 19.8. The smallest absolute Gasteiger partial charge is 0.224 e. The van der Waals surface area contributed by atoms with Crippen LogP contribution in [-0.2, 0) is 11.2 Å². The van der Waals surface area contributed by atoms with Crippen molar-refractivity contribution in [3.63, 3.8) is 0 Å². The molecule has 0 saturated carbocycles. The second kappa shape index (κ2) is 7.83. The zero-order chi connectivity index (χ0) is 18.7. The number of carbonyl (C=O) groups excluding carboxylic acids is 1. The molecule has 0 bridgehead atoms. The highest BCUT2D eigenvalue weighted by atomic mass is 16.3. The van der Waals surface area contributed by atoms with Crippen LogP contribution in [0.5, 0.6) is 0 Å². The average molecular weight is 354 g/mol. The van der Waals surface area contributed by atoms with E-state index in [1.165, 1.54) is 5.56 Å². The van der Waals surface area contributed by atoms with Gasteiger partial charge in [0.05, 0.1) is 24.3 Å². The van der Waals surface area contributed by atoms with Crippen LogP contribution in [0.15, 0.2) is 36.4 Å². The van der Waals surface area contributed by atoms with Crippen molar-refractivity contribution in [3.05, 3.63) is 53.2 Å². The molecular weight excluding hydrogens is 328 g/mol. The van der Waals surface area contributed by atoms with E-state index in [9.17, 15) is 9.90 Å². The van der Waals surface area contributed by atoms with Crippen molar-refractivity contribution in [3.8, 4) is 0 Å². The molecule has 0 radical (unpaired) electrons. The Morgan fingerprint density at radius 2 is 1.92 bits per heavy atom. The molecule has 6 nitrogen and oxygen atoms in total. The number of nitrogens with zero attached hydrogens (tertiary/aromatic N) is 3. The minimum absolute atomic E-state index is 0.0804. The van der Waals surface area contributed by atoms with Crippen LogP contribution < -0.4 is 10.2 Å². The number of hydrogen-bond donors (Lipinski definition) is 2. The molecule has 138 valence electrons. The standard InChI is InChI=1S/C20H26N4O2/c1-13(2)16-7-5-15(6-8-16)10-20(26)21-17-11-24(12-18(17)25)19-9-4-14(3)22-23-19/h4-9,13,17-18,25H,10-12H2,1-3H3,(H,21,26)/t17-,18-/m0/s1. The SMILES string of the molecule is Cc1ccc(N2C[C@H](NC(=O)Cc3ccc(C(C)C)cc3)[C@@H](O)C2)nn1. The second-order valence-corrected chi connectivity index (χ2v) is 7.25. The third-order valence-corrected chi connectivity index (χ3v) is 4.75. The Bertz CT molecular complexity index is 743. The van der Waals surface area contributed by atoms with Gasteiger partial charge < -0.3 is 15.3 Å². The Balaban J connectivity index is 1.56. The molecule has 1 fully saturated rings. The molecule has 1 aliphatic rings. The zero-order valence-electron chi connectivity index (χ0n) is 15.5. The second-order valence-electron chi connectivity index (χ2n) is 7.25. The first-order chi connectivity index (χ1) is 12.4. The summed E-state index contributed by atoms with van der Waals surface area (Å²) in [6.45, 7) is 7.13. The fraction of sp³-hybridized carbons (Fsp3) is 0.450. The van der Waals surface area contributed by atoms with Gasteiger partial charge in [0.1, 0.15) is 0 Å². The summed E-state index contributed by atoms with van der Waals surface area (Å²) in [5.41, 5.74) is 3.08. The van der Waals surface area contributed by atoms with E-state index >= 15 is 0 Å².